The van der Waals surface area contributed by atoms with Crippen molar-refractivity contribution in [3.05, 3.63) is 41.5 Å². The molecule has 6 unspecified atom stereocenters. The van der Waals surface area contributed by atoms with E-state index >= 15 is 0 Å². The highest BCUT2D eigenvalue weighted by atomic mass is 16.5. The molecule has 0 aromatic heterocycles. The highest BCUT2D eigenvalue weighted by Gasteiger charge is 2.62. The van der Waals surface area contributed by atoms with Crippen LogP contribution in [0.5, 0.6) is 5.75 Å². The summed E-state index contributed by atoms with van der Waals surface area (Å²) in [5.41, 5.74) is 2.60. The van der Waals surface area contributed by atoms with Crippen LogP contribution in [0.25, 0.3) is 0 Å². The number of methoxy groups -OCH3 is 1. The molecule has 5 rings (SSSR count). The van der Waals surface area contributed by atoms with Crippen molar-refractivity contribution in [1.29, 1.82) is 0 Å². The summed E-state index contributed by atoms with van der Waals surface area (Å²) in [6.45, 7) is 4.66. The number of hydrogen-bond donors (Lipinski definition) is 0. The fraction of sp³-hybridized carbons (Fsp3) is 0.615. The minimum Gasteiger partial charge on any atom is -0.497 e. The molecule has 154 valence electrons. The van der Waals surface area contributed by atoms with E-state index in [-0.39, 0.29) is 10.8 Å². The molecule has 0 amide bonds. The van der Waals surface area contributed by atoms with Crippen molar-refractivity contribution in [3.63, 3.8) is 0 Å². The van der Waals surface area contributed by atoms with Gasteiger partial charge in [0, 0.05) is 18.3 Å². The summed E-state index contributed by atoms with van der Waals surface area (Å²) < 4.78 is 5.39. The zero-order valence-electron chi connectivity index (χ0n) is 17.9. The third-order valence-electron chi connectivity index (χ3n) is 9.18. The Bertz CT molecular complexity index is 882. The SMILES string of the molecule is COc1ccc(C2CC3(C)C(=O)CCC3C3CCC4=CC(=O)CCC4(C)C23)cc1. The largest absolute Gasteiger partial charge is 0.497 e. The van der Waals surface area contributed by atoms with Crippen molar-refractivity contribution in [2.75, 3.05) is 7.11 Å². The van der Waals surface area contributed by atoms with Crippen LogP contribution in [0, 0.1) is 28.6 Å². The van der Waals surface area contributed by atoms with Crippen molar-refractivity contribution >= 4 is 11.6 Å². The Kier molecular flexibility index (Phi) is 4.31. The molecule has 0 bridgehead atoms. The van der Waals surface area contributed by atoms with Crippen LogP contribution in [-0.4, -0.2) is 18.7 Å². The van der Waals surface area contributed by atoms with Crippen LogP contribution in [0.2, 0.25) is 0 Å². The standard InChI is InChI=1S/C26H32O3/c1-25-13-12-18(27)14-17(25)6-9-20-22-10-11-23(28)26(22,2)15-21(24(20)25)16-4-7-19(29-3)8-5-16/h4-5,7-8,14,20-22,24H,6,9-13,15H2,1-3H3. The molecule has 3 saturated carbocycles. The Labute approximate surface area is 173 Å². The topological polar surface area (TPSA) is 43.4 Å². The lowest BCUT2D eigenvalue weighted by molar-refractivity contribution is -0.134. The molecule has 4 aliphatic rings. The Morgan fingerprint density at radius 2 is 1.72 bits per heavy atom. The van der Waals surface area contributed by atoms with Gasteiger partial charge in [-0.15, -0.1) is 0 Å². The van der Waals surface area contributed by atoms with E-state index < -0.39 is 0 Å². The molecular weight excluding hydrogens is 360 g/mol. The van der Waals surface area contributed by atoms with Crippen LogP contribution >= 0.6 is 0 Å². The number of hydrogen-bond acceptors (Lipinski definition) is 3. The zero-order valence-corrected chi connectivity index (χ0v) is 17.9. The molecule has 3 heteroatoms. The van der Waals surface area contributed by atoms with Gasteiger partial charge in [0.15, 0.2) is 5.78 Å². The molecule has 0 aliphatic heterocycles. The number of allylic oxidation sites excluding steroid dienone is 1. The minimum absolute atomic E-state index is 0.0778. The van der Waals surface area contributed by atoms with Gasteiger partial charge in [-0.1, -0.05) is 31.6 Å². The highest BCUT2D eigenvalue weighted by molar-refractivity contribution is 5.91. The van der Waals surface area contributed by atoms with E-state index in [1.165, 1.54) is 11.1 Å². The number of benzene rings is 1. The number of ether oxygens (including phenoxy) is 1. The molecule has 3 fully saturated rings. The average molecular weight is 393 g/mol. The third kappa shape index (κ3) is 2.69. The van der Waals surface area contributed by atoms with Crippen LogP contribution in [0.15, 0.2) is 35.9 Å². The maximum Gasteiger partial charge on any atom is 0.155 e. The molecule has 3 nitrogen and oxygen atoms in total. The number of carbonyl (C=O) groups excluding carboxylic acids is 2. The summed E-state index contributed by atoms with van der Waals surface area (Å²) in [5.74, 6) is 3.59. The molecule has 29 heavy (non-hydrogen) atoms. The molecule has 0 spiro atoms. The Balaban J connectivity index is 1.63. The van der Waals surface area contributed by atoms with E-state index in [4.69, 9.17) is 4.74 Å². The first-order valence-corrected chi connectivity index (χ1v) is 11.3. The van der Waals surface area contributed by atoms with Crippen molar-refractivity contribution in [1.82, 2.24) is 0 Å². The summed E-state index contributed by atoms with van der Waals surface area (Å²) in [6, 6.07) is 8.53. The lowest BCUT2D eigenvalue weighted by Gasteiger charge is -2.60. The second-order valence-corrected chi connectivity index (χ2v) is 10.4. The highest BCUT2D eigenvalue weighted by Crippen LogP contribution is 2.68. The number of rotatable bonds is 2. The normalized spacial score (nSPS) is 41.3. The molecule has 4 aliphatic carbocycles. The van der Waals surface area contributed by atoms with Gasteiger partial charge in [0.1, 0.15) is 11.5 Å². The number of carbonyl (C=O) groups is 2. The lowest BCUT2D eigenvalue weighted by Crippen LogP contribution is -2.53. The maximum absolute atomic E-state index is 13.0. The molecule has 6 atom stereocenters. The molecule has 1 aromatic rings. The number of fused-ring (bicyclic) bond motifs is 5. The molecular formula is C26H32O3. The summed E-state index contributed by atoms with van der Waals surface area (Å²) in [4.78, 5) is 25.2. The fourth-order valence-electron chi connectivity index (χ4n) is 7.69. The van der Waals surface area contributed by atoms with Gasteiger partial charge in [-0.3, -0.25) is 9.59 Å². The third-order valence-corrected chi connectivity index (χ3v) is 9.18. The first kappa shape index (κ1) is 19.1. The Hall–Kier alpha value is -1.90. The summed E-state index contributed by atoms with van der Waals surface area (Å²) in [7, 11) is 1.70. The number of Topliss-reactive ketones (excluding diaryl/α,β-unsaturated/α-hetero) is 1. The van der Waals surface area contributed by atoms with Gasteiger partial charge in [-0.2, -0.15) is 0 Å². The Morgan fingerprint density at radius 1 is 0.966 bits per heavy atom. The molecule has 0 radical (unpaired) electrons. The van der Waals surface area contributed by atoms with E-state index in [0.29, 0.717) is 41.7 Å². The molecule has 0 N–H and O–H groups in total. The molecule has 0 saturated heterocycles. The zero-order chi connectivity index (χ0) is 20.4. The van der Waals surface area contributed by atoms with Gasteiger partial charge < -0.3 is 4.74 Å². The van der Waals surface area contributed by atoms with Crippen molar-refractivity contribution in [3.8, 4) is 5.75 Å². The van der Waals surface area contributed by atoms with Gasteiger partial charge in [0.2, 0.25) is 0 Å². The van der Waals surface area contributed by atoms with Crippen LogP contribution in [-0.2, 0) is 9.59 Å². The predicted octanol–water partition coefficient (Wildman–Crippen LogP) is 5.49. The van der Waals surface area contributed by atoms with Gasteiger partial charge in [-0.25, -0.2) is 0 Å². The van der Waals surface area contributed by atoms with Gasteiger partial charge in [0.05, 0.1) is 7.11 Å². The van der Waals surface area contributed by atoms with Crippen LogP contribution in [0.1, 0.15) is 70.3 Å². The smallest absolute Gasteiger partial charge is 0.155 e. The second kappa shape index (κ2) is 6.55. The van der Waals surface area contributed by atoms with Gasteiger partial charge in [-0.05, 0) is 85.0 Å². The lowest BCUT2D eigenvalue weighted by atomic mass is 9.44. The summed E-state index contributed by atoms with van der Waals surface area (Å²) in [6.07, 6.45) is 8.50. The van der Waals surface area contributed by atoms with E-state index in [9.17, 15) is 9.59 Å². The summed E-state index contributed by atoms with van der Waals surface area (Å²) in [5, 5.41) is 0. The molecule has 1 aromatic carbocycles. The van der Waals surface area contributed by atoms with Crippen LogP contribution < -0.4 is 4.74 Å². The second-order valence-electron chi connectivity index (χ2n) is 10.4. The Morgan fingerprint density at radius 3 is 2.45 bits per heavy atom. The fourth-order valence-corrected chi connectivity index (χ4v) is 7.69. The van der Waals surface area contributed by atoms with Gasteiger partial charge in [0.25, 0.3) is 0 Å². The van der Waals surface area contributed by atoms with E-state index in [2.05, 4.69) is 38.1 Å². The van der Waals surface area contributed by atoms with Crippen molar-refractivity contribution < 1.29 is 14.3 Å². The average Bonchev–Trinajstić information content (AvgIpc) is 3.02. The monoisotopic (exact) mass is 392 g/mol. The van der Waals surface area contributed by atoms with Crippen molar-refractivity contribution in [2.24, 2.45) is 28.6 Å². The molecule has 0 heterocycles. The van der Waals surface area contributed by atoms with Crippen LogP contribution in [0.4, 0.5) is 0 Å². The van der Waals surface area contributed by atoms with E-state index in [1.54, 1.807) is 7.11 Å². The summed E-state index contributed by atoms with van der Waals surface area (Å²) >= 11 is 0. The first-order valence-electron chi connectivity index (χ1n) is 11.3. The van der Waals surface area contributed by atoms with Crippen molar-refractivity contribution in [2.45, 2.75) is 64.7 Å². The van der Waals surface area contributed by atoms with E-state index in [0.717, 1.165) is 44.3 Å². The predicted molar refractivity (Wildman–Crippen MR) is 113 cm³/mol. The quantitative estimate of drug-likeness (QED) is 0.668. The van der Waals surface area contributed by atoms with E-state index in [1.807, 2.05) is 6.08 Å². The van der Waals surface area contributed by atoms with Crippen LogP contribution in [0.3, 0.4) is 0 Å². The first-order chi connectivity index (χ1) is 13.9. The minimum atomic E-state index is -0.187. The van der Waals surface area contributed by atoms with Gasteiger partial charge >= 0.3 is 0 Å². The maximum atomic E-state index is 13.0. The number of ketones is 2.